The van der Waals surface area contributed by atoms with Gasteiger partial charge in [-0.05, 0) is 41.7 Å². The second kappa shape index (κ2) is 4.87. The second-order valence-electron chi connectivity index (χ2n) is 4.42. The summed E-state index contributed by atoms with van der Waals surface area (Å²) in [6.45, 7) is 0. The molecule has 1 aliphatic carbocycles. The zero-order chi connectivity index (χ0) is 11.4. The third kappa shape index (κ3) is 3.23. The van der Waals surface area contributed by atoms with Crippen molar-refractivity contribution in [1.82, 2.24) is 4.98 Å². The number of nitrogens with zero attached hydrogens (tertiary/aromatic N) is 1. The van der Waals surface area contributed by atoms with Gasteiger partial charge in [-0.25, -0.2) is 0 Å². The van der Waals surface area contributed by atoms with E-state index < -0.39 is 5.97 Å². The first-order chi connectivity index (χ1) is 7.70. The van der Waals surface area contributed by atoms with Gasteiger partial charge in [0.25, 0.3) is 0 Å². The Morgan fingerprint density at radius 2 is 2.12 bits per heavy atom. The van der Waals surface area contributed by atoms with Gasteiger partial charge < -0.3 is 5.11 Å². The quantitative estimate of drug-likeness (QED) is 0.826. The number of aromatic nitrogens is 1. The molecule has 1 saturated carbocycles. The standard InChI is InChI=1S/C12H15NO2S/c14-11(15)7-12(3-4-12)9-16-8-10-1-5-13-6-2-10/h1-2,5-6H,3-4,7-9H2,(H,14,15). The molecule has 4 heteroatoms. The fourth-order valence-electron chi connectivity index (χ4n) is 1.73. The minimum absolute atomic E-state index is 0.101. The van der Waals surface area contributed by atoms with Crippen LogP contribution >= 0.6 is 11.8 Å². The van der Waals surface area contributed by atoms with E-state index in [2.05, 4.69) is 4.98 Å². The summed E-state index contributed by atoms with van der Waals surface area (Å²) in [5.41, 5.74) is 1.36. The molecule has 0 radical (unpaired) electrons. The number of hydrogen-bond acceptors (Lipinski definition) is 3. The Balaban J connectivity index is 1.74. The van der Waals surface area contributed by atoms with Crippen LogP contribution in [0.5, 0.6) is 0 Å². The fraction of sp³-hybridized carbons (Fsp3) is 0.500. The molecular formula is C12H15NO2S. The normalized spacial score (nSPS) is 17.0. The number of rotatable bonds is 6. The molecule has 2 rings (SSSR count). The Morgan fingerprint density at radius 3 is 2.69 bits per heavy atom. The van der Waals surface area contributed by atoms with Gasteiger partial charge in [0, 0.05) is 18.1 Å². The van der Waals surface area contributed by atoms with Crippen LogP contribution in [0.25, 0.3) is 0 Å². The van der Waals surface area contributed by atoms with Crippen LogP contribution in [-0.2, 0) is 10.5 Å². The third-order valence-electron chi connectivity index (χ3n) is 2.91. The van der Waals surface area contributed by atoms with Gasteiger partial charge in [0.15, 0.2) is 0 Å². The number of thioether (sulfide) groups is 1. The zero-order valence-electron chi connectivity index (χ0n) is 9.06. The van der Waals surface area contributed by atoms with Crippen LogP contribution in [0.1, 0.15) is 24.8 Å². The number of hydrogen-bond donors (Lipinski definition) is 1. The van der Waals surface area contributed by atoms with E-state index >= 15 is 0 Å². The van der Waals surface area contributed by atoms with Crippen molar-refractivity contribution < 1.29 is 9.90 Å². The number of pyridine rings is 1. The Morgan fingerprint density at radius 1 is 1.44 bits per heavy atom. The summed E-state index contributed by atoms with van der Waals surface area (Å²) in [6, 6.07) is 4.01. The maximum absolute atomic E-state index is 10.7. The summed E-state index contributed by atoms with van der Waals surface area (Å²) < 4.78 is 0. The van der Waals surface area contributed by atoms with Crippen molar-refractivity contribution in [2.75, 3.05) is 5.75 Å². The number of carbonyl (C=O) groups is 1. The molecule has 0 bridgehead atoms. The predicted molar refractivity (Wildman–Crippen MR) is 64.3 cm³/mol. The van der Waals surface area contributed by atoms with E-state index in [1.54, 1.807) is 12.4 Å². The number of carboxylic acids is 1. The molecule has 1 N–H and O–H groups in total. The van der Waals surface area contributed by atoms with Gasteiger partial charge in [0.05, 0.1) is 6.42 Å². The van der Waals surface area contributed by atoms with E-state index in [9.17, 15) is 4.79 Å². The topological polar surface area (TPSA) is 50.2 Å². The summed E-state index contributed by atoms with van der Waals surface area (Å²) in [6.07, 6.45) is 6.06. The van der Waals surface area contributed by atoms with Gasteiger partial charge >= 0.3 is 5.97 Å². The molecule has 1 aromatic heterocycles. The van der Waals surface area contributed by atoms with E-state index in [0.29, 0.717) is 6.42 Å². The minimum Gasteiger partial charge on any atom is -0.481 e. The average Bonchev–Trinajstić information content (AvgIpc) is 2.99. The molecule has 3 nitrogen and oxygen atoms in total. The Hall–Kier alpha value is -1.03. The fourth-order valence-corrected chi connectivity index (χ4v) is 3.09. The lowest BCUT2D eigenvalue weighted by atomic mass is 10.1. The molecule has 0 atom stereocenters. The molecule has 0 aromatic carbocycles. The monoisotopic (exact) mass is 237 g/mol. The second-order valence-corrected chi connectivity index (χ2v) is 5.40. The summed E-state index contributed by atoms with van der Waals surface area (Å²) in [5.74, 6) is 1.24. The van der Waals surface area contributed by atoms with Gasteiger partial charge in [0.2, 0.25) is 0 Å². The van der Waals surface area contributed by atoms with Gasteiger partial charge in [-0.2, -0.15) is 11.8 Å². The number of carboxylic acid groups (broad SMARTS) is 1. The third-order valence-corrected chi connectivity index (χ3v) is 4.26. The van der Waals surface area contributed by atoms with Crippen LogP contribution < -0.4 is 0 Å². The molecule has 0 spiro atoms. The summed E-state index contributed by atoms with van der Waals surface area (Å²) in [5, 5.41) is 8.79. The maximum atomic E-state index is 10.7. The van der Waals surface area contributed by atoms with Crippen molar-refractivity contribution in [2.45, 2.75) is 25.0 Å². The van der Waals surface area contributed by atoms with E-state index in [0.717, 1.165) is 24.3 Å². The van der Waals surface area contributed by atoms with Crippen molar-refractivity contribution in [1.29, 1.82) is 0 Å². The molecule has 0 amide bonds. The molecule has 0 saturated heterocycles. The molecular weight excluding hydrogens is 222 g/mol. The van der Waals surface area contributed by atoms with Gasteiger partial charge in [-0.1, -0.05) is 0 Å². The van der Waals surface area contributed by atoms with Gasteiger partial charge in [-0.3, -0.25) is 9.78 Å². The van der Waals surface area contributed by atoms with Crippen LogP contribution in [-0.4, -0.2) is 21.8 Å². The highest BCUT2D eigenvalue weighted by atomic mass is 32.2. The van der Waals surface area contributed by atoms with Crippen LogP contribution in [0.4, 0.5) is 0 Å². The van der Waals surface area contributed by atoms with Gasteiger partial charge in [-0.15, -0.1) is 0 Å². The van der Waals surface area contributed by atoms with Crippen LogP contribution in [0.15, 0.2) is 24.5 Å². The number of aliphatic carboxylic acids is 1. The van der Waals surface area contributed by atoms with Gasteiger partial charge in [0.1, 0.15) is 0 Å². The van der Waals surface area contributed by atoms with E-state index in [1.807, 2.05) is 23.9 Å². The van der Waals surface area contributed by atoms with E-state index in [4.69, 9.17) is 5.11 Å². The highest BCUT2D eigenvalue weighted by Crippen LogP contribution is 2.51. The lowest BCUT2D eigenvalue weighted by Crippen LogP contribution is -2.11. The first-order valence-electron chi connectivity index (χ1n) is 5.39. The molecule has 16 heavy (non-hydrogen) atoms. The van der Waals surface area contributed by atoms with E-state index in [-0.39, 0.29) is 5.41 Å². The van der Waals surface area contributed by atoms with Crippen molar-refractivity contribution in [2.24, 2.45) is 5.41 Å². The Labute approximate surface area is 99.3 Å². The minimum atomic E-state index is -0.665. The van der Waals surface area contributed by atoms with Crippen molar-refractivity contribution in [3.05, 3.63) is 30.1 Å². The molecule has 0 unspecified atom stereocenters. The summed E-state index contributed by atoms with van der Waals surface area (Å²) in [4.78, 5) is 14.6. The molecule has 1 aromatic rings. The molecule has 1 aliphatic rings. The van der Waals surface area contributed by atoms with Crippen molar-refractivity contribution in [3.8, 4) is 0 Å². The average molecular weight is 237 g/mol. The zero-order valence-corrected chi connectivity index (χ0v) is 9.87. The Kier molecular flexibility index (Phi) is 3.49. The largest absolute Gasteiger partial charge is 0.481 e. The lowest BCUT2D eigenvalue weighted by molar-refractivity contribution is -0.138. The van der Waals surface area contributed by atoms with E-state index in [1.165, 1.54) is 5.56 Å². The summed E-state index contributed by atoms with van der Waals surface area (Å²) >= 11 is 1.83. The van der Waals surface area contributed by atoms with Crippen molar-refractivity contribution in [3.63, 3.8) is 0 Å². The summed E-state index contributed by atoms with van der Waals surface area (Å²) in [7, 11) is 0. The highest BCUT2D eigenvalue weighted by Gasteiger charge is 2.43. The molecule has 1 fully saturated rings. The predicted octanol–water partition coefficient (Wildman–Crippen LogP) is 2.57. The molecule has 0 aliphatic heterocycles. The maximum Gasteiger partial charge on any atom is 0.303 e. The smallest absolute Gasteiger partial charge is 0.303 e. The van der Waals surface area contributed by atoms with Crippen molar-refractivity contribution >= 4 is 17.7 Å². The van der Waals surface area contributed by atoms with Crippen LogP contribution in [0.3, 0.4) is 0 Å². The van der Waals surface area contributed by atoms with Crippen LogP contribution in [0, 0.1) is 5.41 Å². The highest BCUT2D eigenvalue weighted by molar-refractivity contribution is 7.98. The van der Waals surface area contributed by atoms with Crippen LogP contribution in [0.2, 0.25) is 0 Å². The SMILES string of the molecule is O=C(O)CC1(CSCc2ccncc2)CC1. The molecule has 1 heterocycles. The Bertz CT molecular complexity index is 363. The first-order valence-corrected chi connectivity index (χ1v) is 6.54. The molecule has 86 valence electrons. The lowest BCUT2D eigenvalue weighted by Gasteiger charge is -2.11. The first kappa shape index (κ1) is 11.5.